The second-order valence-corrected chi connectivity index (χ2v) is 3.86. The van der Waals surface area contributed by atoms with E-state index in [-0.39, 0.29) is 6.29 Å². The van der Waals surface area contributed by atoms with Crippen molar-refractivity contribution in [3.8, 4) is 0 Å². The van der Waals surface area contributed by atoms with Gasteiger partial charge < -0.3 is 14.8 Å². The number of nitrogens with zero attached hydrogens (tertiary/aromatic N) is 1. The third-order valence-corrected chi connectivity index (χ3v) is 2.59. The van der Waals surface area contributed by atoms with Crippen LogP contribution in [0.3, 0.4) is 0 Å². The van der Waals surface area contributed by atoms with Crippen LogP contribution in [0.1, 0.15) is 11.9 Å². The first kappa shape index (κ1) is 10.7. The van der Waals surface area contributed by atoms with E-state index >= 15 is 0 Å². The van der Waals surface area contributed by atoms with Gasteiger partial charge in [0.1, 0.15) is 12.5 Å². The third kappa shape index (κ3) is 2.27. The maximum absolute atomic E-state index is 5.30. The van der Waals surface area contributed by atoms with Crippen LogP contribution in [0.25, 0.3) is 0 Å². The minimum absolute atomic E-state index is 0.343. The minimum atomic E-state index is -0.343. The molecule has 2 aromatic rings. The van der Waals surface area contributed by atoms with Gasteiger partial charge >= 0.3 is 0 Å². The van der Waals surface area contributed by atoms with Crippen LogP contribution in [0.5, 0.6) is 0 Å². The standard InChI is InChI=1S/C14H12N2O2/c1-2-11(14-17-8-9-18-14)10-13(3-1)16-12-4-6-15-7-5-12/h1-10,14H,(H,15,16). The van der Waals surface area contributed by atoms with Gasteiger partial charge in [-0.05, 0) is 24.3 Å². The van der Waals surface area contributed by atoms with E-state index in [4.69, 9.17) is 9.47 Å². The molecule has 1 aliphatic rings. The largest absolute Gasteiger partial charge is 0.455 e. The number of benzene rings is 1. The van der Waals surface area contributed by atoms with E-state index in [0.717, 1.165) is 16.9 Å². The van der Waals surface area contributed by atoms with Crippen molar-refractivity contribution in [2.45, 2.75) is 6.29 Å². The molecule has 0 saturated carbocycles. The quantitative estimate of drug-likeness (QED) is 0.893. The molecule has 4 nitrogen and oxygen atoms in total. The summed E-state index contributed by atoms with van der Waals surface area (Å²) in [7, 11) is 0. The second kappa shape index (κ2) is 4.79. The fourth-order valence-electron chi connectivity index (χ4n) is 1.76. The van der Waals surface area contributed by atoms with E-state index in [1.54, 1.807) is 24.9 Å². The molecular formula is C14H12N2O2. The van der Waals surface area contributed by atoms with E-state index in [2.05, 4.69) is 10.3 Å². The Morgan fingerprint density at radius 2 is 1.72 bits per heavy atom. The molecule has 0 unspecified atom stereocenters. The van der Waals surface area contributed by atoms with Gasteiger partial charge in [-0.25, -0.2) is 0 Å². The highest BCUT2D eigenvalue weighted by Gasteiger charge is 2.15. The van der Waals surface area contributed by atoms with Crippen LogP contribution in [-0.2, 0) is 9.47 Å². The highest BCUT2D eigenvalue weighted by atomic mass is 16.7. The summed E-state index contributed by atoms with van der Waals surface area (Å²) in [6.45, 7) is 0. The number of nitrogens with one attached hydrogen (secondary N) is 1. The third-order valence-electron chi connectivity index (χ3n) is 2.59. The maximum atomic E-state index is 5.30. The van der Waals surface area contributed by atoms with E-state index < -0.39 is 0 Å². The summed E-state index contributed by atoms with van der Waals surface area (Å²) < 4.78 is 10.6. The van der Waals surface area contributed by atoms with Gasteiger partial charge in [0.25, 0.3) is 6.29 Å². The Balaban J connectivity index is 1.79. The lowest BCUT2D eigenvalue weighted by Crippen LogP contribution is -1.99. The van der Waals surface area contributed by atoms with Crippen molar-refractivity contribution < 1.29 is 9.47 Å². The summed E-state index contributed by atoms with van der Waals surface area (Å²) in [5, 5.41) is 3.30. The lowest BCUT2D eigenvalue weighted by atomic mass is 10.2. The van der Waals surface area contributed by atoms with Crippen molar-refractivity contribution in [3.63, 3.8) is 0 Å². The first-order chi connectivity index (χ1) is 8.92. The van der Waals surface area contributed by atoms with Gasteiger partial charge in [0, 0.05) is 29.3 Å². The van der Waals surface area contributed by atoms with Crippen molar-refractivity contribution in [1.29, 1.82) is 0 Å². The number of pyridine rings is 1. The summed E-state index contributed by atoms with van der Waals surface area (Å²) in [5.41, 5.74) is 2.95. The molecule has 1 N–H and O–H groups in total. The van der Waals surface area contributed by atoms with Crippen molar-refractivity contribution in [1.82, 2.24) is 4.98 Å². The van der Waals surface area contributed by atoms with Crippen LogP contribution >= 0.6 is 0 Å². The lowest BCUT2D eigenvalue weighted by Gasteiger charge is -2.12. The molecule has 3 rings (SSSR count). The zero-order chi connectivity index (χ0) is 12.2. The van der Waals surface area contributed by atoms with Gasteiger partial charge in [0.15, 0.2) is 0 Å². The highest BCUT2D eigenvalue weighted by molar-refractivity contribution is 5.59. The molecule has 0 fully saturated rings. The van der Waals surface area contributed by atoms with Crippen molar-refractivity contribution >= 4 is 11.4 Å². The number of anilines is 2. The van der Waals surface area contributed by atoms with Crippen molar-refractivity contribution in [2.75, 3.05) is 5.32 Å². The molecule has 90 valence electrons. The predicted octanol–water partition coefficient (Wildman–Crippen LogP) is 3.34. The van der Waals surface area contributed by atoms with Gasteiger partial charge in [-0.3, -0.25) is 4.98 Å². The van der Waals surface area contributed by atoms with E-state index in [1.165, 1.54) is 0 Å². The molecule has 1 aromatic carbocycles. The number of ether oxygens (including phenoxy) is 2. The van der Waals surface area contributed by atoms with Crippen LogP contribution in [0.15, 0.2) is 61.3 Å². The molecule has 0 saturated heterocycles. The van der Waals surface area contributed by atoms with E-state index in [0.29, 0.717) is 0 Å². The normalized spacial score (nSPS) is 14.0. The smallest absolute Gasteiger partial charge is 0.266 e. The molecule has 1 aromatic heterocycles. The fourth-order valence-corrected chi connectivity index (χ4v) is 1.76. The number of hydrogen-bond donors (Lipinski definition) is 1. The molecule has 18 heavy (non-hydrogen) atoms. The Kier molecular flexibility index (Phi) is 2.84. The average Bonchev–Trinajstić information content (AvgIpc) is 2.94. The molecule has 0 amide bonds. The summed E-state index contributed by atoms with van der Waals surface area (Å²) in [6, 6.07) is 11.7. The number of aromatic nitrogens is 1. The molecular weight excluding hydrogens is 228 g/mol. The molecule has 0 bridgehead atoms. The van der Waals surface area contributed by atoms with Crippen LogP contribution in [0.4, 0.5) is 11.4 Å². The first-order valence-corrected chi connectivity index (χ1v) is 5.65. The van der Waals surface area contributed by atoms with Crippen LogP contribution < -0.4 is 5.32 Å². The monoisotopic (exact) mass is 240 g/mol. The Labute approximate surface area is 105 Å². The summed E-state index contributed by atoms with van der Waals surface area (Å²) >= 11 is 0. The topological polar surface area (TPSA) is 43.4 Å². The van der Waals surface area contributed by atoms with Crippen molar-refractivity contribution in [2.24, 2.45) is 0 Å². The average molecular weight is 240 g/mol. The molecule has 4 heteroatoms. The second-order valence-electron chi connectivity index (χ2n) is 3.86. The zero-order valence-corrected chi connectivity index (χ0v) is 9.61. The summed E-state index contributed by atoms with van der Waals surface area (Å²) in [5.74, 6) is 0. The molecule has 0 radical (unpaired) electrons. The summed E-state index contributed by atoms with van der Waals surface area (Å²) in [4.78, 5) is 3.98. The Morgan fingerprint density at radius 1 is 0.944 bits per heavy atom. The van der Waals surface area contributed by atoms with Gasteiger partial charge in [0.2, 0.25) is 0 Å². The summed E-state index contributed by atoms with van der Waals surface area (Å²) in [6.07, 6.45) is 6.25. The van der Waals surface area contributed by atoms with Gasteiger partial charge in [0.05, 0.1) is 0 Å². The highest BCUT2D eigenvalue weighted by Crippen LogP contribution is 2.26. The Hall–Kier alpha value is -2.49. The van der Waals surface area contributed by atoms with Gasteiger partial charge in [-0.15, -0.1) is 0 Å². The number of hydrogen-bond acceptors (Lipinski definition) is 4. The molecule has 1 aliphatic heterocycles. The van der Waals surface area contributed by atoms with Crippen LogP contribution in [-0.4, -0.2) is 4.98 Å². The maximum Gasteiger partial charge on any atom is 0.266 e. The Bertz CT molecular complexity index is 547. The Morgan fingerprint density at radius 3 is 2.50 bits per heavy atom. The van der Waals surface area contributed by atoms with Gasteiger partial charge in [-0.1, -0.05) is 12.1 Å². The van der Waals surface area contributed by atoms with Crippen molar-refractivity contribution in [3.05, 3.63) is 66.9 Å². The number of rotatable bonds is 3. The van der Waals surface area contributed by atoms with Crippen LogP contribution in [0.2, 0.25) is 0 Å². The predicted molar refractivity (Wildman–Crippen MR) is 68.0 cm³/mol. The molecule has 0 aliphatic carbocycles. The van der Waals surface area contributed by atoms with E-state index in [9.17, 15) is 0 Å². The van der Waals surface area contributed by atoms with Gasteiger partial charge in [-0.2, -0.15) is 0 Å². The van der Waals surface area contributed by atoms with Crippen LogP contribution in [0, 0.1) is 0 Å². The SMILES string of the molecule is C1=COC(c2cccc(Nc3ccncc3)c2)O1. The molecule has 2 heterocycles. The lowest BCUT2D eigenvalue weighted by molar-refractivity contribution is -0.0245. The van der Waals surface area contributed by atoms with E-state index in [1.807, 2.05) is 36.4 Å². The fraction of sp³-hybridized carbons (Fsp3) is 0.0714. The zero-order valence-electron chi connectivity index (χ0n) is 9.61. The molecule has 0 spiro atoms. The minimum Gasteiger partial charge on any atom is -0.455 e. The first-order valence-electron chi connectivity index (χ1n) is 5.65. The molecule has 0 atom stereocenters.